The van der Waals surface area contributed by atoms with Gasteiger partial charge in [-0.3, -0.25) is 19.4 Å². The van der Waals surface area contributed by atoms with Gasteiger partial charge in [0.25, 0.3) is 11.8 Å². The van der Waals surface area contributed by atoms with E-state index in [1.54, 1.807) is 42.5 Å². The lowest BCUT2D eigenvalue weighted by Crippen LogP contribution is -2.39. The summed E-state index contributed by atoms with van der Waals surface area (Å²) in [5.74, 6) is -2.04. The number of para-hydroxylation sites is 2. The normalized spacial score (nSPS) is 15.2. The molecule has 0 aliphatic carbocycles. The van der Waals surface area contributed by atoms with Gasteiger partial charge in [0.15, 0.2) is 0 Å². The zero-order valence-corrected chi connectivity index (χ0v) is 18.6. The van der Waals surface area contributed by atoms with E-state index >= 15 is 0 Å². The average Bonchev–Trinajstić information content (AvgIpc) is 3.31. The standard InChI is InChI=1S/C25H20F3N5O3/c26-25(27,28)15-7-6-8-16(13-15)30-23(35)18-11-4-5-12-19(18)31-24(36)20-14-21(22(29)34)33(32-20)17-9-2-1-3-10-17/h1-13,21H,14H2,(H2,29,34)(H,30,35)(H,31,36). The van der Waals surface area contributed by atoms with Crippen LogP contribution in [-0.4, -0.2) is 29.5 Å². The summed E-state index contributed by atoms with van der Waals surface area (Å²) in [7, 11) is 0. The van der Waals surface area contributed by atoms with E-state index in [-0.39, 0.29) is 29.1 Å². The van der Waals surface area contributed by atoms with Crippen molar-refractivity contribution in [2.24, 2.45) is 10.8 Å². The fourth-order valence-electron chi connectivity index (χ4n) is 3.64. The number of nitrogens with zero attached hydrogens (tertiary/aromatic N) is 2. The highest BCUT2D eigenvalue weighted by molar-refractivity contribution is 6.44. The van der Waals surface area contributed by atoms with Crippen LogP contribution < -0.4 is 21.4 Å². The van der Waals surface area contributed by atoms with E-state index in [2.05, 4.69) is 15.7 Å². The van der Waals surface area contributed by atoms with E-state index in [9.17, 15) is 27.6 Å². The molecule has 4 N–H and O–H groups in total. The van der Waals surface area contributed by atoms with Gasteiger partial charge in [-0.1, -0.05) is 36.4 Å². The van der Waals surface area contributed by atoms with Crippen LogP contribution >= 0.6 is 0 Å². The number of carbonyl (C=O) groups is 3. The molecule has 1 aliphatic heterocycles. The Balaban J connectivity index is 1.53. The van der Waals surface area contributed by atoms with Gasteiger partial charge in [0.1, 0.15) is 11.8 Å². The third kappa shape index (κ3) is 5.35. The lowest BCUT2D eigenvalue weighted by Gasteiger charge is -2.20. The summed E-state index contributed by atoms with van der Waals surface area (Å²) < 4.78 is 39.0. The SMILES string of the molecule is NC(=O)C1CC(C(=O)Nc2ccccc2C(=O)Nc2cccc(C(F)(F)F)c2)=NN1c1ccccc1. The molecule has 0 bridgehead atoms. The molecule has 1 aliphatic rings. The molecule has 0 spiro atoms. The van der Waals surface area contributed by atoms with Gasteiger partial charge in [0.05, 0.1) is 22.5 Å². The lowest BCUT2D eigenvalue weighted by atomic mass is 10.1. The van der Waals surface area contributed by atoms with E-state index in [1.807, 2.05) is 0 Å². The molecule has 0 radical (unpaired) electrons. The van der Waals surface area contributed by atoms with Crippen molar-refractivity contribution in [2.75, 3.05) is 15.6 Å². The number of hydrogen-bond donors (Lipinski definition) is 3. The van der Waals surface area contributed by atoms with Crippen LogP contribution in [0, 0.1) is 0 Å². The van der Waals surface area contributed by atoms with E-state index in [4.69, 9.17) is 5.73 Å². The molecule has 4 rings (SSSR count). The van der Waals surface area contributed by atoms with Crippen molar-refractivity contribution in [2.45, 2.75) is 18.6 Å². The molecule has 1 heterocycles. The maximum atomic E-state index is 13.0. The maximum Gasteiger partial charge on any atom is 0.416 e. The monoisotopic (exact) mass is 495 g/mol. The number of rotatable bonds is 6. The smallest absolute Gasteiger partial charge is 0.368 e. The van der Waals surface area contributed by atoms with Crippen LogP contribution in [0.25, 0.3) is 0 Å². The van der Waals surface area contributed by atoms with Gasteiger partial charge < -0.3 is 16.4 Å². The molecular weight excluding hydrogens is 475 g/mol. The first-order valence-electron chi connectivity index (χ1n) is 10.7. The van der Waals surface area contributed by atoms with Gasteiger partial charge in [0.2, 0.25) is 5.91 Å². The Hall–Kier alpha value is -4.67. The molecule has 184 valence electrons. The Morgan fingerprint density at radius 3 is 2.28 bits per heavy atom. The number of benzene rings is 3. The van der Waals surface area contributed by atoms with E-state index in [0.29, 0.717) is 5.69 Å². The second-order valence-electron chi connectivity index (χ2n) is 7.88. The molecule has 0 saturated carbocycles. The fourth-order valence-corrected chi connectivity index (χ4v) is 3.64. The highest BCUT2D eigenvalue weighted by atomic mass is 19.4. The predicted octanol–water partition coefficient (Wildman–Crippen LogP) is 4.02. The number of carbonyl (C=O) groups excluding carboxylic acids is 3. The van der Waals surface area contributed by atoms with Crippen LogP contribution in [0.1, 0.15) is 22.3 Å². The number of nitrogens with two attached hydrogens (primary N) is 1. The summed E-state index contributed by atoms with van der Waals surface area (Å²) in [5.41, 5.74) is 5.27. The van der Waals surface area contributed by atoms with Gasteiger partial charge in [-0.25, -0.2) is 0 Å². The Morgan fingerprint density at radius 1 is 0.889 bits per heavy atom. The molecule has 36 heavy (non-hydrogen) atoms. The molecule has 1 atom stereocenters. The van der Waals surface area contributed by atoms with Crippen molar-refractivity contribution in [1.82, 2.24) is 0 Å². The van der Waals surface area contributed by atoms with Crippen LogP contribution in [0.4, 0.5) is 30.2 Å². The zero-order chi connectivity index (χ0) is 25.9. The van der Waals surface area contributed by atoms with E-state index in [0.717, 1.165) is 12.1 Å². The number of anilines is 3. The molecule has 0 fully saturated rings. The van der Waals surface area contributed by atoms with Crippen molar-refractivity contribution in [3.8, 4) is 0 Å². The number of hydrogen-bond acceptors (Lipinski definition) is 5. The number of alkyl halides is 3. The van der Waals surface area contributed by atoms with Crippen molar-refractivity contribution >= 4 is 40.5 Å². The van der Waals surface area contributed by atoms with Crippen LogP contribution in [0.15, 0.2) is 84.0 Å². The van der Waals surface area contributed by atoms with Gasteiger partial charge in [-0.15, -0.1) is 0 Å². The number of primary amides is 1. The first-order valence-corrected chi connectivity index (χ1v) is 10.7. The summed E-state index contributed by atoms with van der Waals surface area (Å²) in [6.07, 6.45) is -4.61. The van der Waals surface area contributed by atoms with Crippen LogP contribution in [-0.2, 0) is 15.8 Å². The quantitative estimate of drug-likeness (QED) is 0.479. The minimum Gasteiger partial charge on any atom is -0.368 e. The van der Waals surface area contributed by atoms with Crippen molar-refractivity contribution in [3.63, 3.8) is 0 Å². The Morgan fingerprint density at radius 2 is 1.58 bits per heavy atom. The van der Waals surface area contributed by atoms with Gasteiger partial charge in [-0.2, -0.15) is 18.3 Å². The predicted molar refractivity (Wildman–Crippen MR) is 128 cm³/mol. The fraction of sp³-hybridized carbons (Fsp3) is 0.120. The minimum atomic E-state index is -4.56. The second-order valence-corrected chi connectivity index (χ2v) is 7.88. The van der Waals surface area contributed by atoms with Crippen LogP contribution in [0.5, 0.6) is 0 Å². The van der Waals surface area contributed by atoms with Crippen molar-refractivity contribution in [3.05, 3.63) is 90.0 Å². The summed E-state index contributed by atoms with van der Waals surface area (Å²) in [4.78, 5) is 37.8. The molecule has 0 saturated heterocycles. The second kappa shape index (κ2) is 9.90. The summed E-state index contributed by atoms with van der Waals surface area (Å²) >= 11 is 0. The van der Waals surface area contributed by atoms with E-state index in [1.165, 1.54) is 29.3 Å². The number of amides is 3. The van der Waals surface area contributed by atoms with Gasteiger partial charge in [-0.05, 0) is 42.5 Å². The molecule has 8 nitrogen and oxygen atoms in total. The molecule has 11 heteroatoms. The molecule has 3 aromatic rings. The number of hydrazone groups is 1. The first kappa shape index (κ1) is 24.5. The Kier molecular flexibility index (Phi) is 6.73. The minimum absolute atomic E-state index is 0.0215. The Bertz CT molecular complexity index is 1340. The topological polar surface area (TPSA) is 117 Å². The lowest BCUT2D eigenvalue weighted by molar-refractivity contribution is -0.137. The van der Waals surface area contributed by atoms with Crippen molar-refractivity contribution in [1.29, 1.82) is 0 Å². The summed E-state index contributed by atoms with van der Waals surface area (Å²) in [5, 5.41) is 10.6. The Labute approximate surface area is 203 Å². The third-order valence-corrected chi connectivity index (χ3v) is 5.39. The highest BCUT2D eigenvalue weighted by Crippen LogP contribution is 2.31. The number of nitrogens with one attached hydrogen (secondary N) is 2. The molecule has 0 aromatic heterocycles. The molecule has 3 amide bonds. The molecule has 3 aromatic carbocycles. The number of halogens is 3. The first-order chi connectivity index (χ1) is 17.1. The summed E-state index contributed by atoms with van der Waals surface area (Å²) in [6, 6.07) is 18.1. The van der Waals surface area contributed by atoms with Crippen LogP contribution in [0.2, 0.25) is 0 Å². The van der Waals surface area contributed by atoms with Gasteiger partial charge in [0, 0.05) is 12.1 Å². The largest absolute Gasteiger partial charge is 0.416 e. The maximum absolute atomic E-state index is 13.0. The van der Waals surface area contributed by atoms with Crippen LogP contribution in [0.3, 0.4) is 0 Å². The van der Waals surface area contributed by atoms with E-state index < -0.39 is 35.5 Å². The molecule has 1 unspecified atom stereocenters. The zero-order valence-electron chi connectivity index (χ0n) is 18.6. The van der Waals surface area contributed by atoms with Gasteiger partial charge >= 0.3 is 6.18 Å². The summed E-state index contributed by atoms with van der Waals surface area (Å²) in [6.45, 7) is 0. The highest BCUT2D eigenvalue weighted by Gasteiger charge is 2.35. The third-order valence-electron chi connectivity index (χ3n) is 5.39. The molecular formula is C25H20F3N5O3. The van der Waals surface area contributed by atoms with Crippen molar-refractivity contribution < 1.29 is 27.6 Å². The average molecular weight is 495 g/mol.